The molecule has 0 aliphatic rings. The van der Waals surface area contributed by atoms with Gasteiger partial charge < -0.3 is 20.4 Å². The fourth-order valence-electron chi connectivity index (χ4n) is 3.05. The maximum absolute atomic E-state index is 12.4. The van der Waals surface area contributed by atoms with E-state index in [1.165, 1.54) is 38.5 Å². The summed E-state index contributed by atoms with van der Waals surface area (Å²) in [7, 11) is 0. The van der Waals surface area contributed by atoms with Gasteiger partial charge in [0.25, 0.3) is 0 Å². The van der Waals surface area contributed by atoms with E-state index in [1.54, 1.807) is 0 Å². The minimum Gasteiger partial charge on any atom is -0.548 e. The Morgan fingerprint density at radius 3 is 1.83 bits per heavy atom. The number of nitrogens with two attached hydrogens (primary N) is 1. The number of aliphatic carboxylic acids is 1. The van der Waals surface area contributed by atoms with E-state index >= 15 is 0 Å². The molecule has 2 N–H and O–H groups in total. The molecule has 0 rings (SSSR count). The molecule has 0 aliphatic carbocycles. The van der Waals surface area contributed by atoms with Crippen molar-refractivity contribution in [2.45, 2.75) is 122 Å². The Balaban J connectivity index is 0. The van der Waals surface area contributed by atoms with Crippen molar-refractivity contribution in [2.75, 3.05) is 0 Å². The van der Waals surface area contributed by atoms with Crippen molar-refractivity contribution in [1.82, 2.24) is 0 Å². The Labute approximate surface area is 219 Å². The third-order valence-corrected chi connectivity index (χ3v) is 4.94. The quantitative estimate of drug-likeness (QED) is 0.178. The van der Waals surface area contributed by atoms with Crippen LogP contribution in [0.25, 0.3) is 0 Å². The van der Waals surface area contributed by atoms with Gasteiger partial charge in [0, 0.05) is 18.9 Å². The molecule has 0 aromatic rings. The van der Waals surface area contributed by atoms with Crippen LogP contribution in [0.4, 0.5) is 0 Å². The summed E-state index contributed by atoms with van der Waals surface area (Å²) in [5.74, 6) is -2.00. The number of hydrogen-bond acceptors (Lipinski definition) is 6. The normalized spacial score (nSPS) is 12.7. The number of rotatable bonds is 19. The van der Waals surface area contributed by atoms with Crippen molar-refractivity contribution in [3.8, 4) is 0 Å². The number of Topliss-reactive ketones (excluding diaryl/α,β-unsaturated/α-hetero) is 1. The molecule has 6 nitrogen and oxygen atoms in total. The van der Waals surface area contributed by atoms with Gasteiger partial charge >= 0.3 is 57.4 Å². The molecule has 0 bridgehead atoms. The average Bonchev–Trinajstić information content (AvgIpc) is 2.67. The summed E-state index contributed by atoms with van der Waals surface area (Å²) in [6.07, 6.45) is 12.4. The Bertz CT molecular complexity index is 445. The standard InChI is InChI=1S/C22H41NO5.K/c1-3-5-7-8-9-10-11-12-13-14-19(24)20(15-6-4-2)28-21(25)17-16-18(23)22(26)27;/h18,20H,3-17,23H2,1-2H3,(H,26,27);/q;+1/p-1/t18-,20?;/m0./s1. The first-order chi connectivity index (χ1) is 13.4. The Morgan fingerprint density at radius 2 is 1.31 bits per heavy atom. The van der Waals surface area contributed by atoms with E-state index in [0.717, 1.165) is 32.1 Å². The first kappa shape index (κ1) is 31.4. The molecule has 0 saturated carbocycles. The molecule has 0 aromatic carbocycles. The van der Waals surface area contributed by atoms with Gasteiger partial charge in [-0.2, -0.15) is 0 Å². The van der Waals surface area contributed by atoms with E-state index in [9.17, 15) is 19.5 Å². The van der Waals surface area contributed by atoms with E-state index in [2.05, 4.69) is 6.92 Å². The Morgan fingerprint density at radius 1 is 0.793 bits per heavy atom. The van der Waals surface area contributed by atoms with Crippen LogP contribution in [0.2, 0.25) is 0 Å². The molecule has 0 heterocycles. The first-order valence-corrected chi connectivity index (χ1v) is 11.1. The molecule has 164 valence electrons. The number of esters is 1. The van der Waals surface area contributed by atoms with E-state index < -0.39 is 24.1 Å². The van der Waals surface area contributed by atoms with E-state index in [4.69, 9.17) is 10.5 Å². The van der Waals surface area contributed by atoms with Crippen molar-refractivity contribution in [1.29, 1.82) is 0 Å². The second kappa shape index (κ2) is 21.4. The molecule has 1 unspecified atom stereocenters. The number of carbonyl (C=O) groups excluding carboxylic acids is 3. The van der Waals surface area contributed by atoms with Gasteiger partial charge in [-0.05, 0) is 25.7 Å². The number of carboxylic acids is 1. The summed E-state index contributed by atoms with van der Waals surface area (Å²) in [5.41, 5.74) is 5.34. The van der Waals surface area contributed by atoms with E-state index in [1.807, 2.05) is 6.92 Å². The molecule has 0 saturated heterocycles. The average molecular weight is 438 g/mol. The number of ether oxygens (including phenoxy) is 1. The molecule has 0 radical (unpaired) electrons. The molecule has 29 heavy (non-hydrogen) atoms. The predicted molar refractivity (Wildman–Crippen MR) is 108 cm³/mol. The number of hydrogen-bond donors (Lipinski definition) is 1. The second-order valence-corrected chi connectivity index (χ2v) is 7.63. The summed E-state index contributed by atoms with van der Waals surface area (Å²) in [6.45, 7) is 4.23. The maximum Gasteiger partial charge on any atom is 1.00 e. The summed E-state index contributed by atoms with van der Waals surface area (Å²) < 4.78 is 5.32. The van der Waals surface area contributed by atoms with Gasteiger partial charge in [0.2, 0.25) is 0 Å². The van der Waals surface area contributed by atoms with Crippen molar-refractivity contribution < 1.29 is 75.6 Å². The first-order valence-electron chi connectivity index (χ1n) is 11.1. The van der Waals surface area contributed by atoms with Gasteiger partial charge in [-0.15, -0.1) is 0 Å². The Kier molecular flexibility index (Phi) is 23.2. The third kappa shape index (κ3) is 18.7. The number of carbonyl (C=O) groups is 3. The van der Waals surface area contributed by atoms with Gasteiger partial charge in [0.05, 0.1) is 5.97 Å². The zero-order chi connectivity index (χ0) is 21.2. The zero-order valence-corrected chi connectivity index (χ0v) is 22.0. The van der Waals surface area contributed by atoms with E-state index in [0.29, 0.717) is 12.8 Å². The summed E-state index contributed by atoms with van der Waals surface area (Å²) in [5, 5.41) is 10.6. The SMILES string of the molecule is CCCCCCCCCCCC(=O)C(CCCC)OC(=O)CC[C@H](N)C(=O)[O-].[K+]. The summed E-state index contributed by atoms with van der Waals surface area (Å²) >= 11 is 0. The fraction of sp³-hybridized carbons (Fsp3) is 0.864. The molecule has 7 heteroatoms. The van der Waals surface area contributed by atoms with Gasteiger partial charge in [-0.3, -0.25) is 9.59 Å². The van der Waals surface area contributed by atoms with Crippen molar-refractivity contribution in [3.63, 3.8) is 0 Å². The number of carboxylic acid groups (broad SMARTS) is 1. The topological polar surface area (TPSA) is 110 Å². The monoisotopic (exact) mass is 437 g/mol. The molecule has 0 fully saturated rings. The molecular formula is C22H40KNO5. The van der Waals surface area contributed by atoms with Crippen LogP contribution in [0.15, 0.2) is 0 Å². The smallest absolute Gasteiger partial charge is 0.548 e. The molecule has 0 aromatic heterocycles. The number of unbranched alkanes of at least 4 members (excludes halogenated alkanes) is 9. The van der Waals surface area contributed by atoms with Crippen molar-refractivity contribution in [2.24, 2.45) is 5.73 Å². The fourth-order valence-corrected chi connectivity index (χ4v) is 3.05. The second-order valence-electron chi connectivity index (χ2n) is 7.63. The van der Waals surface area contributed by atoms with Crippen LogP contribution in [0, 0.1) is 0 Å². The minimum atomic E-state index is -1.39. The molecule has 2 atom stereocenters. The van der Waals surface area contributed by atoms with Crippen LogP contribution in [0.1, 0.15) is 110 Å². The third-order valence-electron chi connectivity index (χ3n) is 4.94. The Hall–Kier alpha value is 0.206. The zero-order valence-electron chi connectivity index (χ0n) is 18.9. The summed E-state index contributed by atoms with van der Waals surface area (Å²) in [6, 6.07) is -1.20. The summed E-state index contributed by atoms with van der Waals surface area (Å²) in [4.78, 5) is 35.0. The van der Waals surface area contributed by atoms with Gasteiger partial charge in [0.1, 0.15) is 0 Å². The van der Waals surface area contributed by atoms with Crippen LogP contribution < -0.4 is 62.2 Å². The maximum atomic E-state index is 12.4. The van der Waals surface area contributed by atoms with Crippen LogP contribution in [0.5, 0.6) is 0 Å². The van der Waals surface area contributed by atoms with E-state index in [-0.39, 0.29) is 70.0 Å². The molecule has 0 spiro atoms. The predicted octanol–water partition coefficient (Wildman–Crippen LogP) is 0.440. The van der Waals surface area contributed by atoms with Gasteiger partial charge in [-0.1, -0.05) is 71.6 Å². The van der Waals surface area contributed by atoms with Crippen molar-refractivity contribution in [3.05, 3.63) is 0 Å². The van der Waals surface area contributed by atoms with Crippen LogP contribution in [-0.2, 0) is 19.1 Å². The molecule has 0 aliphatic heterocycles. The largest absolute Gasteiger partial charge is 1.00 e. The van der Waals surface area contributed by atoms with Crippen LogP contribution in [-0.4, -0.2) is 29.9 Å². The van der Waals surface area contributed by atoms with Gasteiger partial charge in [0.15, 0.2) is 11.9 Å². The number of ketones is 1. The molecular weight excluding hydrogens is 397 g/mol. The van der Waals surface area contributed by atoms with Gasteiger partial charge in [-0.25, -0.2) is 0 Å². The van der Waals surface area contributed by atoms with Crippen molar-refractivity contribution >= 4 is 17.7 Å². The molecule has 0 amide bonds. The minimum absolute atomic E-state index is 0. The van der Waals surface area contributed by atoms with Crippen LogP contribution >= 0.6 is 0 Å². The van der Waals surface area contributed by atoms with Crippen LogP contribution in [0.3, 0.4) is 0 Å².